The van der Waals surface area contributed by atoms with Gasteiger partial charge in [-0.25, -0.2) is 0 Å². The van der Waals surface area contributed by atoms with Gasteiger partial charge in [0.2, 0.25) is 0 Å². The number of hydrogen-bond donors (Lipinski definition) is 2. The summed E-state index contributed by atoms with van der Waals surface area (Å²) in [5.41, 5.74) is 6.82. The van der Waals surface area contributed by atoms with E-state index < -0.39 is 6.10 Å². The van der Waals surface area contributed by atoms with Crippen molar-refractivity contribution < 1.29 is 5.11 Å². The lowest BCUT2D eigenvalue weighted by Crippen LogP contribution is -2.24. The molecular weight excluding hydrogens is 162 g/mol. The van der Waals surface area contributed by atoms with Crippen molar-refractivity contribution in [2.45, 2.75) is 30.9 Å². The predicted molar refractivity (Wildman–Crippen MR) is 52.2 cm³/mol. The van der Waals surface area contributed by atoms with Crippen molar-refractivity contribution >= 4 is 0 Å². The lowest BCUT2D eigenvalue weighted by atomic mass is 10.0. The van der Waals surface area contributed by atoms with E-state index in [2.05, 4.69) is 0 Å². The number of rotatable bonds is 3. The van der Waals surface area contributed by atoms with Gasteiger partial charge < -0.3 is 10.8 Å². The highest BCUT2D eigenvalue weighted by atomic mass is 16.3. The van der Waals surface area contributed by atoms with E-state index in [0.29, 0.717) is 6.42 Å². The highest BCUT2D eigenvalue weighted by molar-refractivity contribution is 5.19. The fraction of sp³-hybridized carbons (Fsp3) is 0.455. The van der Waals surface area contributed by atoms with Crippen molar-refractivity contribution in [1.29, 1.82) is 0 Å². The first-order chi connectivity index (χ1) is 6.20. The van der Waals surface area contributed by atoms with Crippen LogP contribution >= 0.6 is 0 Å². The molecule has 0 spiro atoms. The summed E-state index contributed by atoms with van der Waals surface area (Å²) in [6.45, 7) is 0. The monoisotopic (exact) mass is 177 g/mol. The van der Waals surface area contributed by atoms with Gasteiger partial charge in [-0.15, -0.1) is 0 Å². The molecule has 13 heavy (non-hydrogen) atoms. The molecule has 1 atom stereocenters. The van der Waals surface area contributed by atoms with Crippen molar-refractivity contribution in [1.82, 2.24) is 0 Å². The summed E-state index contributed by atoms with van der Waals surface area (Å²) in [5, 5.41) is 9.82. The van der Waals surface area contributed by atoms with Crippen LogP contribution in [0.15, 0.2) is 30.3 Å². The first-order valence-corrected chi connectivity index (χ1v) is 4.72. The van der Waals surface area contributed by atoms with Gasteiger partial charge in [0.15, 0.2) is 0 Å². The molecule has 2 rings (SSSR count). The molecular formula is C11H15NO. The summed E-state index contributed by atoms with van der Waals surface area (Å²) in [5.74, 6) is 0. The van der Waals surface area contributed by atoms with Crippen LogP contribution in [0, 0.1) is 0 Å². The van der Waals surface area contributed by atoms with Gasteiger partial charge in [-0.2, -0.15) is 0 Å². The third-order valence-electron chi connectivity index (χ3n) is 2.68. The molecule has 1 fully saturated rings. The van der Waals surface area contributed by atoms with Crippen LogP contribution in [-0.2, 0) is 0 Å². The minimum atomic E-state index is -0.395. The molecule has 1 unspecified atom stereocenters. The molecule has 1 saturated carbocycles. The Balaban J connectivity index is 2.01. The maximum atomic E-state index is 9.82. The van der Waals surface area contributed by atoms with Crippen molar-refractivity contribution in [3.05, 3.63) is 35.9 Å². The van der Waals surface area contributed by atoms with Gasteiger partial charge in [0.05, 0.1) is 6.10 Å². The quantitative estimate of drug-likeness (QED) is 0.736. The van der Waals surface area contributed by atoms with Crippen LogP contribution in [0.25, 0.3) is 0 Å². The summed E-state index contributed by atoms with van der Waals surface area (Å²) >= 11 is 0. The zero-order valence-electron chi connectivity index (χ0n) is 7.61. The average Bonchev–Trinajstić information content (AvgIpc) is 2.85. The Hall–Kier alpha value is -0.860. The molecule has 2 nitrogen and oxygen atoms in total. The van der Waals surface area contributed by atoms with Gasteiger partial charge in [-0.3, -0.25) is 0 Å². The number of nitrogens with two attached hydrogens (primary N) is 1. The smallest absolute Gasteiger partial charge is 0.0807 e. The molecule has 0 saturated heterocycles. The first kappa shape index (κ1) is 8.73. The molecule has 0 heterocycles. The average molecular weight is 177 g/mol. The zero-order valence-corrected chi connectivity index (χ0v) is 7.61. The zero-order chi connectivity index (χ0) is 9.31. The molecule has 0 aliphatic heterocycles. The minimum Gasteiger partial charge on any atom is -0.388 e. The van der Waals surface area contributed by atoms with Crippen LogP contribution in [0.2, 0.25) is 0 Å². The predicted octanol–water partition coefficient (Wildman–Crippen LogP) is 1.60. The molecule has 1 aliphatic carbocycles. The Morgan fingerprint density at radius 2 is 1.92 bits per heavy atom. The fourth-order valence-electron chi connectivity index (χ4n) is 1.54. The maximum Gasteiger partial charge on any atom is 0.0807 e. The Bertz CT molecular complexity index is 279. The van der Waals surface area contributed by atoms with E-state index in [0.717, 1.165) is 18.4 Å². The number of aliphatic hydroxyl groups excluding tert-OH is 1. The van der Waals surface area contributed by atoms with E-state index >= 15 is 0 Å². The first-order valence-electron chi connectivity index (χ1n) is 4.72. The highest BCUT2D eigenvalue weighted by Crippen LogP contribution is 2.39. The van der Waals surface area contributed by atoms with E-state index in [-0.39, 0.29) is 5.54 Å². The summed E-state index contributed by atoms with van der Waals surface area (Å²) in [6.07, 6.45) is 2.40. The van der Waals surface area contributed by atoms with Crippen LogP contribution in [-0.4, -0.2) is 10.6 Å². The van der Waals surface area contributed by atoms with Crippen molar-refractivity contribution in [3.63, 3.8) is 0 Å². The van der Waals surface area contributed by atoms with Crippen LogP contribution in [0.3, 0.4) is 0 Å². The SMILES string of the molecule is NC1(CC(O)c2ccccc2)CC1. The lowest BCUT2D eigenvalue weighted by Gasteiger charge is -2.15. The van der Waals surface area contributed by atoms with Crippen LogP contribution in [0.1, 0.15) is 30.9 Å². The number of hydrogen-bond acceptors (Lipinski definition) is 2. The standard InChI is InChI=1S/C11H15NO/c12-11(6-7-11)8-10(13)9-4-2-1-3-5-9/h1-5,10,13H,6-8,12H2. The molecule has 70 valence electrons. The summed E-state index contributed by atoms with van der Waals surface area (Å²) in [6, 6.07) is 9.71. The number of benzene rings is 1. The van der Waals surface area contributed by atoms with Crippen LogP contribution < -0.4 is 5.73 Å². The van der Waals surface area contributed by atoms with Crippen molar-refractivity contribution in [2.24, 2.45) is 5.73 Å². The minimum absolute atomic E-state index is 0.0741. The molecule has 0 bridgehead atoms. The molecule has 0 amide bonds. The summed E-state index contributed by atoms with van der Waals surface area (Å²) in [7, 11) is 0. The van der Waals surface area contributed by atoms with Crippen molar-refractivity contribution in [2.75, 3.05) is 0 Å². The van der Waals surface area contributed by atoms with Gasteiger partial charge in [0.1, 0.15) is 0 Å². The summed E-state index contributed by atoms with van der Waals surface area (Å²) in [4.78, 5) is 0. The van der Waals surface area contributed by atoms with Gasteiger partial charge in [0.25, 0.3) is 0 Å². The Morgan fingerprint density at radius 1 is 1.31 bits per heavy atom. The van der Waals surface area contributed by atoms with Crippen LogP contribution in [0.4, 0.5) is 0 Å². The van der Waals surface area contributed by atoms with Crippen LogP contribution in [0.5, 0.6) is 0 Å². The normalized spacial score (nSPS) is 21.1. The summed E-state index contributed by atoms with van der Waals surface area (Å²) < 4.78 is 0. The van der Waals surface area contributed by atoms with Crippen molar-refractivity contribution in [3.8, 4) is 0 Å². The second-order valence-electron chi connectivity index (χ2n) is 3.99. The molecule has 0 aromatic heterocycles. The third-order valence-corrected chi connectivity index (χ3v) is 2.68. The second kappa shape index (κ2) is 3.13. The lowest BCUT2D eigenvalue weighted by molar-refractivity contribution is 0.154. The Morgan fingerprint density at radius 3 is 2.46 bits per heavy atom. The molecule has 1 aromatic carbocycles. The van der Waals surface area contributed by atoms with E-state index in [1.54, 1.807) is 0 Å². The molecule has 0 radical (unpaired) electrons. The molecule has 1 aliphatic rings. The van der Waals surface area contributed by atoms with E-state index in [1.807, 2.05) is 30.3 Å². The Labute approximate surface area is 78.4 Å². The topological polar surface area (TPSA) is 46.2 Å². The van der Waals surface area contributed by atoms with Gasteiger partial charge in [0, 0.05) is 5.54 Å². The molecule has 3 N–H and O–H groups in total. The van der Waals surface area contributed by atoms with E-state index in [1.165, 1.54) is 0 Å². The van der Waals surface area contributed by atoms with Gasteiger partial charge >= 0.3 is 0 Å². The fourth-order valence-corrected chi connectivity index (χ4v) is 1.54. The van der Waals surface area contributed by atoms with E-state index in [9.17, 15) is 5.11 Å². The maximum absolute atomic E-state index is 9.82. The highest BCUT2D eigenvalue weighted by Gasteiger charge is 2.39. The molecule has 1 aromatic rings. The third kappa shape index (κ3) is 2.08. The van der Waals surface area contributed by atoms with Gasteiger partial charge in [-0.1, -0.05) is 30.3 Å². The van der Waals surface area contributed by atoms with Gasteiger partial charge in [-0.05, 0) is 24.8 Å². The molecule has 2 heteroatoms. The second-order valence-corrected chi connectivity index (χ2v) is 3.99. The Kier molecular flexibility index (Phi) is 2.10. The number of aliphatic hydroxyl groups is 1. The largest absolute Gasteiger partial charge is 0.388 e. The van der Waals surface area contributed by atoms with E-state index in [4.69, 9.17) is 5.73 Å².